The molecule has 1 amide bonds. The zero-order valence-electron chi connectivity index (χ0n) is 11.1. The molecule has 0 aromatic heterocycles. The molecular weight excluding hydrogens is 230 g/mol. The maximum Gasteiger partial charge on any atom is 0.216 e. The van der Waals surface area contributed by atoms with Crippen molar-refractivity contribution in [3.63, 3.8) is 0 Å². The standard InChI is InChI=1S/C14H21NO3/c1-9(2)11-4-6-12(7-5-11)14(18)13(17)8-15-10(3)16/h4-7,9,13-14,17-18H,8H2,1-3H3,(H,15,16). The van der Waals surface area contributed by atoms with E-state index in [1.807, 2.05) is 12.1 Å². The summed E-state index contributed by atoms with van der Waals surface area (Å²) in [5.41, 5.74) is 1.83. The molecule has 4 nitrogen and oxygen atoms in total. The number of hydrogen-bond donors (Lipinski definition) is 3. The van der Waals surface area contributed by atoms with Gasteiger partial charge in [-0.25, -0.2) is 0 Å². The molecule has 0 aliphatic rings. The van der Waals surface area contributed by atoms with Gasteiger partial charge in [0.1, 0.15) is 12.2 Å². The summed E-state index contributed by atoms with van der Waals surface area (Å²) >= 11 is 0. The Bertz CT molecular complexity index is 387. The van der Waals surface area contributed by atoms with E-state index in [1.54, 1.807) is 12.1 Å². The Balaban J connectivity index is 2.65. The summed E-state index contributed by atoms with van der Waals surface area (Å²) in [7, 11) is 0. The monoisotopic (exact) mass is 251 g/mol. The number of carbonyl (C=O) groups excluding carboxylic acids is 1. The first-order chi connectivity index (χ1) is 8.41. The van der Waals surface area contributed by atoms with E-state index in [0.29, 0.717) is 11.5 Å². The van der Waals surface area contributed by atoms with Crippen molar-refractivity contribution in [3.8, 4) is 0 Å². The normalized spacial score (nSPS) is 14.3. The van der Waals surface area contributed by atoms with E-state index in [1.165, 1.54) is 12.5 Å². The second kappa shape index (κ2) is 6.52. The lowest BCUT2D eigenvalue weighted by atomic mass is 9.98. The second-order valence-corrected chi connectivity index (χ2v) is 4.77. The van der Waals surface area contributed by atoms with Crippen LogP contribution in [-0.2, 0) is 4.79 Å². The van der Waals surface area contributed by atoms with Crippen molar-refractivity contribution in [1.82, 2.24) is 5.32 Å². The number of amides is 1. The van der Waals surface area contributed by atoms with E-state index >= 15 is 0 Å². The van der Waals surface area contributed by atoms with Crippen molar-refractivity contribution >= 4 is 5.91 Å². The molecule has 100 valence electrons. The van der Waals surface area contributed by atoms with Crippen LogP contribution in [-0.4, -0.2) is 28.8 Å². The van der Waals surface area contributed by atoms with Gasteiger partial charge in [-0.2, -0.15) is 0 Å². The smallest absolute Gasteiger partial charge is 0.216 e. The molecule has 0 radical (unpaired) electrons. The Morgan fingerprint density at radius 1 is 1.17 bits per heavy atom. The molecule has 2 unspecified atom stereocenters. The van der Waals surface area contributed by atoms with Gasteiger partial charge in [0.25, 0.3) is 0 Å². The van der Waals surface area contributed by atoms with Crippen molar-refractivity contribution in [2.45, 2.75) is 38.9 Å². The zero-order valence-corrected chi connectivity index (χ0v) is 11.1. The number of benzene rings is 1. The summed E-state index contributed by atoms with van der Waals surface area (Å²) in [5.74, 6) is 0.205. The highest BCUT2D eigenvalue weighted by molar-refractivity contribution is 5.72. The number of aliphatic hydroxyl groups excluding tert-OH is 2. The molecule has 4 heteroatoms. The SMILES string of the molecule is CC(=O)NCC(O)C(O)c1ccc(C(C)C)cc1. The van der Waals surface area contributed by atoms with E-state index in [0.717, 1.165) is 0 Å². The highest BCUT2D eigenvalue weighted by atomic mass is 16.3. The number of nitrogens with one attached hydrogen (secondary N) is 1. The molecule has 0 bridgehead atoms. The molecule has 1 aromatic carbocycles. The minimum atomic E-state index is -1.00. The van der Waals surface area contributed by atoms with Gasteiger partial charge in [-0.1, -0.05) is 38.1 Å². The van der Waals surface area contributed by atoms with Crippen molar-refractivity contribution in [2.24, 2.45) is 0 Å². The number of hydrogen-bond acceptors (Lipinski definition) is 3. The highest BCUT2D eigenvalue weighted by Crippen LogP contribution is 2.20. The van der Waals surface area contributed by atoms with Crippen molar-refractivity contribution in [2.75, 3.05) is 6.54 Å². The van der Waals surface area contributed by atoms with Crippen molar-refractivity contribution in [1.29, 1.82) is 0 Å². The third kappa shape index (κ3) is 4.13. The fourth-order valence-electron chi connectivity index (χ4n) is 1.66. The molecule has 0 saturated carbocycles. The average molecular weight is 251 g/mol. The summed E-state index contributed by atoms with van der Waals surface area (Å²) in [4.78, 5) is 10.7. The topological polar surface area (TPSA) is 69.6 Å². The first-order valence-corrected chi connectivity index (χ1v) is 6.12. The van der Waals surface area contributed by atoms with Crippen molar-refractivity contribution in [3.05, 3.63) is 35.4 Å². The van der Waals surface area contributed by atoms with Gasteiger partial charge < -0.3 is 15.5 Å². The molecular formula is C14H21NO3. The predicted octanol–water partition coefficient (Wildman–Crippen LogP) is 1.34. The molecule has 0 aliphatic heterocycles. The fourth-order valence-corrected chi connectivity index (χ4v) is 1.66. The van der Waals surface area contributed by atoms with Gasteiger partial charge in [-0.15, -0.1) is 0 Å². The molecule has 18 heavy (non-hydrogen) atoms. The quantitative estimate of drug-likeness (QED) is 0.739. The van der Waals surface area contributed by atoms with Gasteiger partial charge in [0.05, 0.1) is 0 Å². The Morgan fingerprint density at radius 3 is 2.11 bits per heavy atom. The molecule has 1 rings (SSSR count). The average Bonchev–Trinajstić information content (AvgIpc) is 2.35. The van der Waals surface area contributed by atoms with Gasteiger partial charge in [-0.3, -0.25) is 4.79 Å². The molecule has 0 saturated heterocycles. The molecule has 2 atom stereocenters. The van der Waals surface area contributed by atoms with Crippen LogP contribution in [0.3, 0.4) is 0 Å². The second-order valence-electron chi connectivity index (χ2n) is 4.77. The van der Waals surface area contributed by atoms with Gasteiger partial charge in [0.2, 0.25) is 5.91 Å². The molecule has 1 aromatic rings. The van der Waals surface area contributed by atoms with Crippen molar-refractivity contribution < 1.29 is 15.0 Å². The summed E-state index contributed by atoms with van der Waals surface area (Å²) in [6.45, 7) is 5.60. The number of rotatable bonds is 5. The summed E-state index contributed by atoms with van der Waals surface area (Å²) in [6.07, 6.45) is -1.99. The molecule has 0 heterocycles. The van der Waals surface area contributed by atoms with Gasteiger partial charge in [0, 0.05) is 13.5 Å². The zero-order chi connectivity index (χ0) is 13.7. The molecule has 0 aliphatic carbocycles. The Morgan fingerprint density at radius 2 is 1.67 bits per heavy atom. The fraction of sp³-hybridized carbons (Fsp3) is 0.500. The van der Waals surface area contributed by atoms with E-state index in [-0.39, 0.29) is 12.5 Å². The summed E-state index contributed by atoms with van der Waals surface area (Å²) < 4.78 is 0. The Kier molecular flexibility index (Phi) is 5.31. The van der Waals surface area contributed by atoms with Crippen LogP contribution >= 0.6 is 0 Å². The first-order valence-electron chi connectivity index (χ1n) is 6.12. The minimum absolute atomic E-state index is 0.0441. The van der Waals surface area contributed by atoms with E-state index < -0.39 is 12.2 Å². The third-order valence-electron chi connectivity index (χ3n) is 2.87. The van der Waals surface area contributed by atoms with E-state index in [2.05, 4.69) is 19.2 Å². The van der Waals surface area contributed by atoms with Crippen LogP contribution in [0.25, 0.3) is 0 Å². The van der Waals surface area contributed by atoms with E-state index in [4.69, 9.17) is 0 Å². The highest BCUT2D eigenvalue weighted by Gasteiger charge is 2.18. The van der Waals surface area contributed by atoms with Crippen LogP contribution in [0.1, 0.15) is 43.9 Å². The maximum absolute atomic E-state index is 10.7. The maximum atomic E-state index is 10.7. The minimum Gasteiger partial charge on any atom is -0.388 e. The first kappa shape index (κ1) is 14.7. The Labute approximate surface area is 108 Å². The lowest BCUT2D eigenvalue weighted by molar-refractivity contribution is -0.119. The van der Waals surface area contributed by atoms with Crippen LogP contribution in [0, 0.1) is 0 Å². The molecule has 0 spiro atoms. The lowest BCUT2D eigenvalue weighted by Crippen LogP contribution is -2.34. The third-order valence-corrected chi connectivity index (χ3v) is 2.87. The largest absolute Gasteiger partial charge is 0.388 e. The predicted molar refractivity (Wildman–Crippen MR) is 70.2 cm³/mol. The van der Waals surface area contributed by atoms with E-state index in [9.17, 15) is 15.0 Å². The van der Waals surface area contributed by atoms with Gasteiger partial charge >= 0.3 is 0 Å². The number of aliphatic hydroxyl groups is 2. The summed E-state index contributed by atoms with van der Waals surface area (Å²) in [5, 5.41) is 22.1. The van der Waals surface area contributed by atoms with Crippen LogP contribution in [0.2, 0.25) is 0 Å². The van der Waals surface area contributed by atoms with Crippen LogP contribution < -0.4 is 5.32 Å². The van der Waals surface area contributed by atoms with Crippen LogP contribution in [0.4, 0.5) is 0 Å². The summed E-state index contributed by atoms with van der Waals surface area (Å²) in [6, 6.07) is 7.48. The van der Waals surface area contributed by atoms with Gasteiger partial charge in [0.15, 0.2) is 0 Å². The van der Waals surface area contributed by atoms with Gasteiger partial charge in [-0.05, 0) is 17.0 Å². The number of carbonyl (C=O) groups is 1. The molecule has 0 fully saturated rings. The van der Waals surface area contributed by atoms with Crippen LogP contribution in [0.15, 0.2) is 24.3 Å². The lowest BCUT2D eigenvalue weighted by Gasteiger charge is -2.19. The Hall–Kier alpha value is -1.39. The molecule has 3 N–H and O–H groups in total. The van der Waals surface area contributed by atoms with Crippen LogP contribution in [0.5, 0.6) is 0 Å².